The van der Waals surface area contributed by atoms with Crippen LogP contribution in [0.1, 0.15) is 16.4 Å². The van der Waals surface area contributed by atoms with Gasteiger partial charge in [-0.2, -0.15) is 0 Å². The molecule has 0 heterocycles. The van der Waals surface area contributed by atoms with E-state index < -0.39 is 21.0 Å². The fourth-order valence-corrected chi connectivity index (χ4v) is 3.60. The van der Waals surface area contributed by atoms with Crippen LogP contribution in [0, 0.1) is 6.92 Å². The first-order chi connectivity index (χ1) is 9.43. The largest absolute Gasteiger partial charge is 0.368 e. The van der Waals surface area contributed by atoms with Crippen molar-refractivity contribution in [3.63, 3.8) is 0 Å². The van der Waals surface area contributed by atoms with E-state index in [2.05, 4.69) is 0 Å². The molecule has 1 atom stereocenters. The van der Waals surface area contributed by atoms with Gasteiger partial charge in [-0.15, -0.1) is 0 Å². The Morgan fingerprint density at radius 3 is 2.05 bits per heavy atom. The van der Waals surface area contributed by atoms with Crippen molar-refractivity contribution in [2.45, 2.75) is 17.1 Å². The molecule has 0 fully saturated rings. The van der Waals surface area contributed by atoms with Crippen molar-refractivity contribution in [2.75, 3.05) is 0 Å². The Balaban J connectivity index is 2.54. The first kappa shape index (κ1) is 14.3. The molecule has 0 spiro atoms. The Bertz CT molecular complexity index is 707. The summed E-state index contributed by atoms with van der Waals surface area (Å²) in [6.45, 7) is 1.86. The molecule has 0 saturated carbocycles. The van der Waals surface area contributed by atoms with E-state index in [0.29, 0.717) is 5.56 Å². The van der Waals surface area contributed by atoms with Crippen LogP contribution in [0.5, 0.6) is 0 Å². The highest BCUT2D eigenvalue weighted by Crippen LogP contribution is 2.28. The van der Waals surface area contributed by atoms with Crippen molar-refractivity contribution < 1.29 is 13.2 Å². The molecule has 20 heavy (non-hydrogen) atoms. The van der Waals surface area contributed by atoms with E-state index in [4.69, 9.17) is 5.73 Å². The number of amides is 1. The summed E-state index contributed by atoms with van der Waals surface area (Å²) in [6.07, 6.45) is 0. The van der Waals surface area contributed by atoms with Gasteiger partial charge in [0.2, 0.25) is 5.91 Å². The van der Waals surface area contributed by atoms with Gasteiger partial charge in [-0.1, -0.05) is 48.0 Å². The van der Waals surface area contributed by atoms with Crippen LogP contribution in [0.3, 0.4) is 0 Å². The third-order valence-electron chi connectivity index (χ3n) is 3.02. The average Bonchev–Trinajstić information content (AvgIpc) is 2.39. The molecule has 0 aliphatic heterocycles. The second-order valence-electron chi connectivity index (χ2n) is 4.55. The minimum absolute atomic E-state index is 0.0933. The molecule has 1 amide bonds. The van der Waals surface area contributed by atoms with Gasteiger partial charge in [0.1, 0.15) is 0 Å². The summed E-state index contributed by atoms with van der Waals surface area (Å²) in [4.78, 5) is 11.7. The van der Waals surface area contributed by atoms with Gasteiger partial charge in [0.25, 0.3) is 0 Å². The van der Waals surface area contributed by atoms with Crippen molar-refractivity contribution in [1.29, 1.82) is 0 Å². The number of primary amides is 1. The van der Waals surface area contributed by atoms with E-state index in [1.807, 2.05) is 6.92 Å². The van der Waals surface area contributed by atoms with Crippen LogP contribution in [0.25, 0.3) is 0 Å². The van der Waals surface area contributed by atoms with E-state index >= 15 is 0 Å². The van der Waals surface area contributed by atoms with Crippen molar-refractivity contribution >= 4 is 15.7 Å². The zero-order valence-corrected chi connectivity index (χ0v) is 11.8. The minimum atomic E-state index is -3.84. The third kappa shape index (κ3) is 2.72. The van der Waals surface area contributed by atoms with E-state index in [1.54, 1.807) is 42.5 Å². The number of sulfone groups is 1. The maximum Gasteiger partial charge on any atom is 0.240 e. The monoisotopic (exact) mass is 289 g/mol. The van der Waals surface area contributed by atoms with Gasteiger partial charge in [-0.25, -0.2) is 8.42 Å². The summed E-state index contributed by atoms with van der Waals surface area (Å²) in [5, 5.41) is -1.37. The van der Waals surface area contributed by atoms with Crippen molar-refractivity contribution in [3.8, 4) is 0 Å². The van der Waals surface area contributed by atoms with E-state index in [9.17, 15) is 13.2 Å². The minimum Gasteiger partial charge on any atom is -0.368 e. The normalized spacial score (nSPS) is 12.8. The number of nitrogens with two attached hydrogens (primary N) is 1. The molecule has 0 aliphatic carbocycles. The van der Waals surface area contributed by atoms with Crippen LogP contribution >= 0.6 is 0 Å². The number of carbonyl (C=O) groups is 1. The first-order valence-corrected chi connectivity index (χ1v) is 7.62. The molecule has 2 rings (SSSR count). The Morgan fingerprint density at radius 2 is 1.55 bits per heavy atom. The fraction of sp³-hybridized carbons (Fsp3) is 0.133. The number of benzene rings is 2. The van der Waals surface area contributed by atoms with Crippen LogP contribution < -0.4 is 5.73 Å². The van der Waals surface area contributed by atoms with Gasteiger partial charge in [-0.3, -0.25) is 4.79 Å². The van der Waals surface area contributed by atoms with E-state index in [0.717, 1.165) is 5.56 Å². The summed E-state index contributed by atoms with van der Waals surface area (Å²) in [5.74, 6) is -0.878. The Labute approximate surface area is 118 Å². The number of hydrogen-bond acceptors (Lipinski definition) is 3. The van der Waals surface area contributed by atoms with E-state index in [1.165, 1.54) is 12.1 Å². The van der Waals surface area contributed by atoms with Crippen LogP contribution in [-0.4, -0.2) is 14.3 Å². The van der Waals surface area contributed by atoms with Crippen LogP contribution in [0.4, 0.5) is 0 Å². The second-order valence-corrected chi connectivity index (χ2v) is 6.58. The summed E-state index contributed by atoms with van der Waals surface area (Å²) < 4.78 is 25.2. The zero-order valence-electron chi connectivity index (χ0n) is 11.0. The SMILES string of the molecule is Cc1ccc(S(=O)(=O)C(C(N)=O)c2ccccc2)cc1. The Morgan fingerprint density at radius 1 is 1.00 bits per heavy atom. The highest BCUT2D eigenvalue weighted by atomic mass is 32.2. The molecule has 1 unspecified atom stereocenters. The number of carbonyl (C=O) groups excluding carboxylic acids is 1. The fourth-order valence-electron chi connectivity index (χ4n) is 1.99. The number of aryl methyl sites for hydroxylation is 1. The van der Waals surface area contributed by atoms with Gasteiger partial charge >= 0.3 is 0 Å². The zero-order chi connectivity index (χ0) is 14.8. The molecule has 2 aromatic carbocycles. The smallest absolute Gasteiger partial charge is 0.240 e. The highest BCUT2D eigenvalue weighted by Gasteiger charge is 2.33. The summed E-state index contributed by atoms with van der Waals surface area (Å²) in [7, 11) is -3.84. The van der Waals surface area contributed by atoms with Crippen molar-refractivity contribution in [2.24, 2.45) is 5.73 Å². The molecule has 0 bridgehead atoms. The molecule has 0 radical (unpaired) electrons. The molecule has 2 aromatic rings. The predicted molar refractivity (Wildman–Crippen MR) is 76.7 cm³/mol. The van der Waals surface area contributed by atoms with Crippen molar-refractivity contribution in [3.05, 3.63) is 65.7 Å². The lowest BCUT2D eigenvalue weighted by molar-refractivity contribution is -0.117. The molecule has 0 aliphatic rings. The molecule has 4 nitrogen and oxygen atoms in total. The van der Waals surface area contributed by atoms with Gasteiger partial charge in [0.05, 0.1) is 4.90 Å². The predicted octanol–water partition coefficient (Wildman–Crippen LogP) is 2.00. The molecular weight excluding hydrogens is 274 g/mol. The lowest BCUT2D eigenvalue weighted by atomic mass is 10.1. The number of hydrogen-bond donors (Lipinski definition) is 1. The van der Waals surface area contributed by atoms with Gasteiger partial charge in [0, 0.05) is 0 Å². The second kappa shape index (κ2) is 5.46. The van der Waals surface area contributed by atoms with Gasteiger partial charge in [0.15, 0.2) is 15.1 Å². The molecule has 104 valence electrons. The summed E-state index contributed by atoms with van der Waals surface area (Å²) >= 11 is 0. The standard InChI is InChI=1S/C15H15NO3S/c1-11-7-9-13(10-8-11)20(18,19)14(15(16)17)12-5-3-2-4-6-12/h2-10,14H,1H3,(H2,16,17). The van der Waals surface area contributed by atoms with Gasteiger partial charge < -0.3 is 5.73 Å². The molecule has 0 saturated heterocycles. The Kier molecular flexibility index (Phi) is 3.90. The van der Waals surface area contributed by atoms with Crippen molar-refractivity contribution in [1.82, 2.24) is 0 Å². The van der Waals surface area contributed by atoms with Crippen LogP contribution in [0.2, 0.25) is 0 Å². The average molecular weight is 289 g/mol. The molecule has 0 aromatic heterocycles. The molecule has 2 N–H and O–H groups in total. The van der Waals surface area contributed by atoms with Gasteiger partial charge in [-0.05, 0) is 24.6 Å². The number of rotatable bonds is 4. The Hall–Kier alpha value is -2.14. The summed E-state index contributed by atoms with van der Waals surface area (Å²) in [5.41, 5.74) is 6.62. The first-order valence-electron chi connectivity index (χ1n) is 6.08. The highest BCUT2D eigenvalue weighted by molar-refractivity contribution is 7.92. The third-order valence-corrected chi connectivity index (χ3v) is 5.07. The molecular formula is C15H15NO3S. The lowest BCUT2D eigenvalue weighted by Gasteiger charge is -2.15. The topological polar surface area (TPSA) is 77.2 Å². The summed E-state index contributed by atoms with van der Waals surface area (Å²) in [6, 6.07) is 14.6. The maximum atomic E-state index is 12.6. The maximum absolute atomic E-state index is 12.6. The van der Waals surface area contributed by atoms with Crippen LogP contribution in [-0.2, 0) is 14.6 Å². The van der Waals surface area contributed by atoms with Crippen LogP contribution in [0.15, 0.2) is 59.5 Å². The molecule has 5 heteroatoms. The van der Waals surface area contributed by atoms with E-state index in [-0.39, 0.29) is 4.90 Å². The quantitative estimate of drug-likeness (QED) is 0.935. The lowest BCUT2D eigenvalue weighted by Crippen LogP contribution is -2.28.